The molecule has 2 heterocycles. The fourth-order valence-corrected chi connectivity index (χ4v) is 3.58. The Labute approximate surface area is 126 Å². The number of fused-ring (bicyclic) bond motifs is 1. The Morgan fingerprint density at radius 2 is 2.20 bits per heavy atom. The van der Waals surface area contributed by atoms with Crippen LogP contribution in [0.2, 0.25) is 5.02 Å². The van der Waals surface area contributed by atoms with Crippen LogP contribution in [0.1, 0.15) is 10.7 Å². The molecule has 0 aliphatic carbocycles. The highest BCUT2D eigenvalue weighted by Crippen LogP contribution is 2.34. The molecule has 3 aromatic rings. The van der Waals surface area contributed by atoms with Gasteiger partial charge in [-0.25, -0.2) is 0 Å². The minimum absolute atomic E-state index is 0.788. The SMILES string of the molecule is Cn1cnnc1CCNCc1sc2ccccc2c1Cl. The number of halogens is 1. The van der Waals surface area contributed by atoms with Crippen molar-refractivity contribution in [2.75, 3.05) is 6.54 Å². The van der Waals surface area contributed by atoms with Gasteiger partial charge in [0, 0.05) is 41.5 Å². The van der Waals surface area contributed by atoms with Crippen LogP contribution in [0.3, 0.4) is 0 Å². The fourth-order valence-electron chi connectivity index (χ4n) is 2.11. The Balaban J connectivity index is 1.60. The molecule has 6 heteroatoms. The van der Waals surface area contributed by atoms with Crippen molar-refractivity contribution < 1.29 is 0 Å². The van der Waals surface area contributed by atoms with Crippen LogP contribution >= 0.6 is 22.9 Å². The molecule has 0 saturated carbocycles. The number of hydrogen-bond donors (Lipinski definition) is 1. The summed E-state index contributed by atoms with van der Waals surface area (Å²) >= 11 is 8.15. The zero-order valence-electron chi connectivity index (χ0n) is 11.1. The van der Waals surface area contributed by atoms with Crippen molar-refractivity contribution in [3.63, 3.8) is 0 Å². The van der Waals surface area contributed by atoms with E-state index in [2.05, 4.69) is 27.6 Å². The number of aryl methyl sites for hydroxylation is 1. The van der Waals surface area contributed by atoms with E-state index in [0.717, 1.165) is 35.7 Å². The summed E-state index contributed by atoms with van der Waals surface area (Å²) in [6, 6.07) is 8.23. The second-order valence-corrected chi connectivity index (χ2v) is 6.13. The number of nitrogens with zero attached hydrogens (tertiary/aromatic N) is 3. The molecule has 0 unspecified atom stereocenters. The van der Waals surface area contributed by atoms with E-state index in [1.54, 1.807) is 17.7 Å². The quantitative estimate of drug-likeness (QED) is 0.737. The van der Waals surface area contributed by atoms with Gasteiger partial charge in [0.15, 0.2) is 0 Å². The van der Waals surface area contributed by atoms with Gasteiger partial charge in [0.25, 0.3) is 0 Å². The first-order valence-corrected chi connectivity index (χ1v) is 7.64. The average molecular weight is 307 g/mol. The van der Waals surface area contributed by atoms with Gasteiger partial charge in [0.1, 0.15) is 12.2 Å². The van der Waals surface area contributed by atoms with Crippen LogP contribution in [0.5, 0.6) is 0 Å². The van der Waals surface area contributed by atoms with Crippen molar-refractivity contribution >= 4 is 33.0 Å². The van der Waals surface area contributed by atoms with Crippen molar-refractivity contribution in [2.45, 2.75) is 13.0 Å². The normalized spacial score (nSPS) is 11.3. The van der Waals surface area contributed by atoms with E-state index in [1.165, 1.54) is 9.58 Å². The molecule has 0 atom stereocenters. The van der Waals surface area contributed by atoms with Crippen molar-refractivity contribution in [1.29, 1.82) is 0 Å². The Morgan fingerprint density at radius 3 is 2.95 bits per heavy atom. The first kappa shape index (κ1) is 13.5. The zero-order chi connectivity index (χ0) is 13.9. The molecule has 0 radical (unpaired) electrons. The molecule has 1 aromatic carbocycles. The van der Waals surface area contributed by atoms with Crippen LogP contribution in [-0.4, -0.2) is 21.3 Å². The van der Waals surface area contributed by atoms with Gasteiger partial charge in [-0.3, -0.25) is 0 Å². The lowest BCUT2D eigenvalue weighted by atomic mass is 10.2. The number of benzene rings is 1. The molecule has 0 bridgehead atoms. The van der Waals surface area contributed by atoms with Gasteiger partial charge in [-0.15, -0.1) is 21.5 Å². The zero-order valence-corrected chi connectivity index (χ0v) is 12.7. The summed E-state index contributed by atoms with van der Waals surface area (Å²) in [6.07, 6.45) is 2.58. The third kappa shape index (κ3) is 2.70. The van der Waals surface area contributed by atoms with Crippen molar-refractivity contribution in [3.8, 4) is 0 Å². The molecule has 0 fully saturated rings. The summed E-state index contributed by atoms with van der Waals surface area (Å²) in [5, 5.41) is 13.4. The lowest BCUT2D eigenvalue weighted by Crippen LogP contribution is -2.17. The number of thiophene rings is 1. The Morgan fingerprint density at radius 1 is 1.35 bits per heavy atom. The highest BCUT2D eigenvalue weighted by atomic mass is 35.5. The van der Waals surface area contributed by atoms with Crippen LogP contribution in [0, 0.1) is 0 Å². The molecule has 0 spiro atoms. The lowest BCUT2D eigenvalue weighted by molar-refractivity contribution is 0.658. The second kappa shape index (κ2) is 5.91. The third-order valence-electron chi connectivity index (χ3n) is 3.22. The van der Waals surface area contributed by atoms with E-state index in [9.17, 15) is 0 Å². The summed E-state index contributed by atoms with van der Waals surface area (Å²) in [7, 11) is 1.96. The van der Waals surface area contributed by atoms with Gasteiger partial charge < -0.3 is 9.88 Å². The molecule has 3 rings (SSSR count). The van der Waals surface area contributed by atoms with Crippen molar-refractivity contribution in [3.05, 3.63) is 46.3 Å². The minimum Gasteiger partial charge on any atom is -0.321 e. The summed E-state index contributed by atoms with van der Waals surface area (Å²) in [6.45, 7) is 1.65. The number of aromatic nitrogens is 3. The molecular weight excluding hydrogens is 292 g/mol. The lowest BCUT2D eigenvalue weighted by Gasteiger charge is -2.03. The van der Waals surface area contributed by atoms with E-state index in [-0.39, 0.29) is 0 Å². The number of nitrogens with one attached hydrogen (secondary N) is 1. The highest BCUT2D eigenvalue weighted by molar-refractivity contribution is 7.19. The second-order valence-electron chi connectivity index (χ2n) is 4.62. The molecule has 0 saturated heterocycles. The Bertz CT molecular complexity index is 719. The Kier molecular flexibility index (Phi) is 4.00. The first-order chi connectivity index (χ1) is 9.75. The number of rotatable bonds is 5. The van der Waals surface area contributed by atoms with E-state index in [0.29, 0.717) is 0 Å². The summed E-state index contributed by atoms with van der Waals surface area (Å²) in [5.74, 6) is 0.986. The maximum atomic E-state index is 6.40. The minimum atomic E-state index is 0.788. The average Bonchev–Trinajstić information content (AvgIpc) is 3.00. The van der Waals surface area contributed by atoms with E-state index < -0.39 is 0 Å². The molecule has 0 amide bonds. The monoisotopic (exact) mass is 306 g/mol. The van der Waals surface area contributed by atoms with Crippen LogP contribution in [-0.2, 0) is 20.0 Å². The van der Waals surface area contributed by atoms with Crippen LogP contribution in [0.15, 0.2) is 30.6 Å². The predicted molar refractivity (Wildman–Crippen MR) is 83.2 cm³/mol. The first-order valence-electron chi connectivity index (χ1n) is 6.45. The third-order valence-corrected chi connectivity index (χ3v) is 4.93. The van der Waals surface area contributed by atoms with Gasteiger partial charge in [0.05, 0.1) is 5.02 Å². The van der Waals surface area contributed by atoms with E-state index >= 15 is 0 Å². The topological polar surface area (TPSA) is 42.7 Å². The van der Waals surface area contributed by atoms with Crippen molar-refractivity contribution in [2.24, 2.45) is 7.05 Å². The van der Waals surface area contributed by atoms with Crippen molar-refractivity contribution in [1.82, 2.24) is 20.1 Å². The molecule has 1 N–H and O–H groups in total. The standard InChI is InChI=1S/C14H15ClN4S/c1-19-9-17-18-13(19)6-7-16-8-12-14(15)10-4-2-3-5-11(10)20-12/h2-5,9,16H,6-8H2,1H3. The van der Waals surface area contributed by atoms with Gasteiger partial charge >= 0.3 is 0 Å². The summed E-state index contributed by atoms with van der Waals surface area (Å²) < 4.78 is 3.18. The van der Waals surface area contributed by atoms with Gasteiger partial charge in [-0.1, -0.05) is 29.8 Å². The van der Waals surface area contributed by atoms with Crippen LogP contribution in [0.25, 0.3) is 10.1 Å². The van der Waals surface area contributed by atoms with E-state index in [4.69, 9.17) is 11.6 Å². The van der Waals surface area contributed by atoms with Gasteiger partial charge in [-0.05, 0) is 6.07 Å². The largest absolute Gasteiger partial charge is 0.321 e. The summed E-state index contributed by atoms with van der Waals surface area (Å²) in [4.78, 5) is 1.19. The fraction of sp³-hybridized carbons (Fsp3) is 0.286. The molecule has 0 aliphatic heterocycles. The highest BCUT2D eigenvalue weighted by Gasteiger charge is 2.09. The molecule has 4 nitrogen and oxygen atoms in total. The predicted octanol–water partition coefficient (Wildman–Crippen LogP) is 3.02. The molecular formula is C14H15ClN4S. The number of hydrogen-bond acceptors (Lipinski definition) is 4. The van der Waals surface area contributed by atoms with Gasteiger partial charge in [-0.2, -0.15) is 0 Å². The van der Waals surface area contributed by atoms with Crippen LogP contribution in [0.4, 0.5) is 0 Å². The smallest absolute Gasteiger partial charge is 0.133 e. The molecule has 2 aromatic heterocycles. The molecule has 0 aliphatic rings. The molecule has 20 heavy (non-hydrogen) atoms. The van der Waals surface area contributed by atoms with Crippen LogP contribution < -0.4 is 5.32 Å². The maximum Gasteiger partial charge on any atom is 0.133 e. The molecule has 104 valence electrons. The Hall–Kier alpha value is -1.43. The van der Waals surface area contributed by atoms with E-state index in [1.807, 2.05) is 23.7 Å². The maximum absolute atomic E-state index is 6.40. The summed E-state index contributed by atoms with van der Waals surface area (Å²) in [5.41, 5.74) is 0. The van der Waals surface area contributed by atoms with Gasteiger partial charge in [0.2, 0.25) is 0 Å².